The number of benzene rings is 1. The van der Waals surface area contributed by atoms with E-state index in [1.165, 1.54) is 22.6 Å². The highest BCUT2D eigenvalue weighted by Crippen LogP contribution is 2.27. The fourth-order valence-electron chi connectivity index (χ4n) is 2.45. The summed E-state index contributed by atoms with van der Waals surface area (Å²) in [6.45, 7) is 4.00. The van der Waals surface area contributed by atoms with E-state index < -0.39 is 5.82 Å². The molecule has 1 aromatic rings. The molecule has 0 aliphatic heterocycles. The highest BCUT2D eigenvalue weighted by atomic mass is 19.1. The van der Waals surface area contributed by atoms with Crippen molar-refractivity contribution in [3.8, 4) is 0 Å². The number of amides is 1. The molecule has 2 rings (SSSR count). The summed E-state index contributed by atoms with van der Waals surface area (Å²) in [5.74, 6) is -0.579. The van der Waals surface area contributed by atoms with Crippen LogP contribution in [0.2, 0.25) is 0 Å². The number of carbonyl (C=O) groups is 1. The molecule has 0 radical (unpaired) electrons. The lowest BCUT2D eigenvalue weighted by atomic mass is 9.91. The summed E-state index contributed by atoms with van der Waals surface area (Å²) < 4.78 is 13.4. The van der Waals surface area contributed by atoms with E-state index in [0.717, 1.165) is 25.7 Å². The van der Waals surface area contributed by atoms with Crippen molar-refractivity contribution >= 4 is 11.6 Å². The Morgan fingerprint density at radius 1 is 1.35 bits per heavy atom. The molecule has 0 bridgehead atoms. The van der Waals surface area contributed by atoms with E-state index in [1.807, 2.05) is 0 Å². The number of nitrogens with zero attached hydrogens (tertiary/aromatic N) is 1. The van der Waals surface area contributed by atoms with Gasteiger partial charge in [-0.3, -0.25) is 4.79 Å². The second-order valence-electron chi connectivity index (χ2n) is 5.56. The molecule has 108 valence electrons. The van der Waals surface area contributed by atoms with Gasteiger partial charge in [-0.2, -0.15) is 0 Å². The fourth-order valence-corrected chi connectivity index (χ4v) is 2.45. The van der Waals surface area contributed by atoms with Gasteiger partial charge in [-0.1, -0.05) is 12.2 Å². The Hall–Kier alpha value is -1.84. The Morgan fingerprint density at radius 3 is 2.60 bits per heavy atom. The number of rotatable bonds is 3. The van der Waals surface area contributed by atoms with Crippen LogP contribution in [0.25, 0.3) is 0 Å². The number of nitrogens with one attached hydrogen (secondary N) is 1. The lowest BCUT2D eigenvalue weighted by Gasteiger charge is -2.26. The summed E-state index contributed by atoms with van der Waals surface area (Å²) in [5.41, 5.74) is 2.38. The summed E-state index contributed by atoms with van der Waals surface area (Å²) in [4.78, 5) is 13.6. The van der Waals surface area contributed by atoms with Gasteiger partial charge in [0.2, 0.25) is 0 Å². The van der Waals surface area contributed by atoms with E-state index in [2.05, 4.69) is 11.9 Å². The zero-order chi connectivity index (χ0) is 14.7. The Bertz CT molecular complexity index is 515. The van der Waals surface area contributed by atoms with Crippen LogP contribution in [0.15, 0.2) is 30.4 Å². The summed E-state index contributed by atoms with van der Waals surface area (Å²) in [5, 5.41) is 3.38. The van der Waals surface area contributed by atoms with Crippen molar-refractivity contribution in [3.63, 3.8) is 0 Å². The molecule has 0 unspecified atom stereocenters. The number of carbonyl (C=O) groups excluding carboxylic acids is 1. The summed E-state index contributed by atoms with van der Waals surface area (Å²) in [6.07, 6.45) is 4.03. The highest BCUT2D eigenvalue weighted by Gasteiger charge is 2.19. The first-order chi connectivity index (χ1) is 9.47. The third kappa shape index (κ3) is 3.38. The standard InChI is InChI=1S/C16H21FN2O/c1-11-4-7-13(8-5-11)18-15-9-6-12(17)10-14(15)16(20)19(2)3/h6,9-10,13,18H,1,4-5,7-8H2,2-3H3. The molecule has 0 atom stereocenters. The van der Waals surface area contributed by atoms with Gasteiger partial charge in [0.15, 0.2) is 0 Å². The van der Waals surface area contributed by atoms with Crippen molar-refractivity contribution in [2.24, 2.45) is 0 Å². The molecule has 0 aromatic heterocycles. The van der Waals surface area contributed by atoms with Crippen molar-refractivity contribution in [2.45, 2.75) is 31.7 Å². The molecule has 0 saturated heterocycles. The first-order valence-electron chi connectivity index (χ1n) is 6.92. The second kappa shape index (κ2) is 6.07. The first-order valence-corrected chi connectivity index (χ1v) is 6.92. The molecular weight excluding hydrogens is 255 g/mol. The van der Waals surface area contributed by atoms with Crippen LogP contribution in [-0.4, -0.2) is 30.9 Å². The van der Waals surface area contributed by atoms with Gasteiger partial charge in [0.05, 0.1) is 5.56 Å². The quantitative estimate of drug-likeness (QED) is 0.858. The van der Waals surface area contributed by atoms with Crippen LogP contribution in [0.3, 0.4) is 0 Å². The molecule has 1 aliphatic rings. The minimum atomic E-state index is -0.391. The lowest BCUT2D eigenvalue weighted by molar-refractivity contribution is 0.0828. The molecule has 4 heteroatoms. The third-order valence-electron chi connectivity index (χ3n) is 3.67. The summed E-state index contributed by atoms with van der Waals surface area (Å²) >= 11 is 0. The summed E-state index contributed by atoms with van der Waals surface area (Å²) in [7, 11) is 3.34. The molecule has 3 nitrogen and oxygen atoms in total. The predicted molar refractivity (Wildman–Crippen MR) is 79.4 cm³/mol. The fraction of sp³-hybridized carbons (Fsp3) is 0.438. The predicted octanol–water partition coefficient (Wildman–Crippen LogP) is 3.44. The van der Waals surface area contributed by atoms with Gasteiger partial charge in [0.25, 0.3) is 5.91 Å². The molecule has 1 aliphatic carbocycles. The molecule has 0 heterocycles. The van der Waals surface area contributed by atoms with Crippen molar-refractivity contribution in [2.75, 3.05) is 19.4 Å². The Balaban J connectivity index is 2.18. The van der Waals surface area contributed by atoms with Crippen LogP contribution in [0, 0.1) is 5.82 Å². The Labute approximate surface area is 119 Å². The van der Waals surface area contributed by atoms with Gasteiger partial charge < -0.3 is 10.2 Å². The van der Waals surface area contributed by atoms with Crippen molar-refractivity contribution in [1.29, 1.82) is 0 Å². The van der Waals surface area contributed by atoms with Crippen LogP contribution in [0.4, 0.5) is 10.1 Å². The maximum atomic E-state index is 13.4. The van der Waals surface area contributed by atoms with Gasteiger partial charge in [-0.25, -0.2) is 4.39 Å². The van der Waals surface area contributed by atoms with Gasteiger partial charge >= 0.3 is 0 Å². The molecule has 1 N–H and O–H groups in total. The zero-order valence-electron chi connectivity index (χ0n) is 12.1. The van der Waals surface area contributed by atoms with Crippen LogP contribution in [0.5, 0.6) is 0 Å². The SMILES string of the molecule is C=C1CCC(Nc2ccc(F)cc2C(=O)N(C)C)CC1. The molecule has 0 spiro atoms. The van der Waals surface area contributed by atoms with E-state index in [4.69, 9.17) is 0 Å². The minimum Gasteiger partial charge on any atom is -0.382 e. The number of hydrogen-bond donors (Lipinski definition) is 1. The second-order valence-corrected chi connectivity index (χ2v) is 5.56. The monoisotopic (exact) mass is 276 g/mol. The van der Waals surface area contributed by atoms with Crippen LogP contribution >= 0.6 is 0 Å². The largest absolute Gasteiger partial charge is 0.382 e. The Morgan fingerprint density at radius 2 is 2.00 bits per heavy atom. The maximum Gasteiger partial charge on any atom is 0.255 e. The molecule has 20 heavy (non-hydrogen) atoms. The Kier molecular flexibility index (Phi) is 4.42. The topological polar surface area (TPSA) is 32.3 Å². The average Bonchev–Trinajstić information content (AvgIpc) is 2.42. The van der Waals surface area contributed by atoms with E-state index in [1.54, 1.807) is 20.2 Å². The van der Waals surface area contributed by atoms with Gasteiger partial charge in [-0.05, 0) is 43.9 Å². The van der Waals surface area contributed by atoms with E-state index in [-0.39, 0.29) is 5.91 Å². The molecule has 1 aromatic carbocycles. The minimum absolute atomic E-state index is 0.188. The van der Waals surface area contributed by atoms with Crippen LogP contribution in [0.1, 0.15) is 36.0 Å². The van der Waals surface area contributed by atoms with Gasteiger partial charge in [0.1, 0.15) is 5.82 Å². The van der Waals surface area contributed by atoms with E-state index in [0.29, 0.717) is 17.3 Å². The number of halogens is 1. The molecule has 1 saturated carbocycles. The molecule has 1 fully saturated rings. The average molecular weight is 276 g/mol. The van der Waals surface area contributed by atoms with Crippen LogP contribution < -0.4 is 5.32 Å². The van der Waals surface area contributed by atoms with Crippen molar-refractivity contribution in [1.82, 2.24) is 4.90 Å². The first kappa shape index (κ1) is 14.6. The maximum absolute atomic E-state index is 13.4. The lowest BCUT2D eigenvalue weighted by Crippen LogP contribution is -2.27. The van der Waals surface area contributed by atoms with E-state index in [9.17, 15) is 9.18 Å². The molecule has 1 amide bonds. The van der Waals surface area contributed by atoms with Crippen LogP contribution in [-0.2, 0) is 0 Å². The van der Waals surface area contributed by atoms with Crippen molar-refractivity contribution < 1.29 is 9.18 Å². The zero-order valence-corrected chi connectivity index (χ0v) is 12.1. The van der Waals surface area contributed by atoms with Gasteiger partial charge in [-0.15, -0.1) is 0 Å². The number of hydrogen-bond acceptors (Lipinski definition) is 2. The highest BCUT2D eigenvalue weighted by molar-refractivity contribution is 5.99. The van der Waals surface area contributed by atoms with E-state index >= 15 is 0 Å². The number of allylic oxidation sites excluding steroid dienone is 1. The summed E-state index contributed by atoms with van der Waals surface area (Å²) in [6, 6.07) is 4.65. The normalized spacial score (nSPS) is 16.1. The number of anilines is 1. The molecular formula is C16H21FN2O. The smallest absolute Gasteiger partial charge is 0.255 e. The third-order valence-corrected chi connectivity index (χ3v) is 3.67. The van der Waals surface area contributed by atoms with Crippen molar-refractivity contribution in [3.05, 3.63) is 41.7 Å². The van der Waals surface area contributed by atoms with Gasteiger partial charge in [0, 0.05) is 25.8 Å².